The normalized spacial score (nSPS) is 10.9. The smallest absolute Gasteiger partial charge is 0.264 e. The Morgan fingerprint density at radius 3 is 2.47 bits per heavy atom. The van der Waals surface area contributed by atoms with Crippen molar-refractivity contribution in [2.75, 3.05) is 11.9 Å². The minimum Gasteiger partial charge on any atom is -0.334 e. The van der Waals surface area contributed by atoms with Crippen molar-refractivity contribution < 1.29 is 4.79 Å². The number of rotatable bonds is 6. The predicted octanol–water partition coefficient (Wildman–Crippen LogP) is 4.54. The van der Waals surface area contributed by atoms with Crippen LogP contribution in [0.2, 0.25) is 0 Å². The van der Waals surface area contributed by atoms with Gasteiger partial charge in [0.1, 0.15) is 0 Å². The van der Waals surface area contributed by atoms with Gasteiger partial charge in [0.05, 0.1) is 8.66 Å². The van der Waals surface area contributed by atoms with E-state index >= 15 is 0 Å². The molecule has 0 spiro atoms. The average Bonchev–Trinajstić information content (AvgIpc) is 2.75. The lowest BCUT2D eigenvalue weighted by Gasteiger charge is -2.29. The Morgan fingerprint density at radius 1 is 1.41 bits per heavy atom. The highest BCUT2D eigenvalue weighted by Gasteiger charge is 2.22. The van der Waals surface area contributed by atoms with Crippen LogP contribution < -0.4 is 0 Å². The van der Waals surface area contributed by atoms with Crippen LogP contribution >= 0.6 is 43.2 Å². The van der Waals surface area contributed by atoms with Crippen LogP contribution in [0.1, 0.15) is 36.4 Å². The van der Waals surface area contributed by atoms with Crippen LogP contribution in [0.4, 0.5) is 0 Å². The molecule has 1 aromatic rings. The molecule has 0 unspecified atom stereocenters. The summed E-state index contributed by atoms with van der Waals surface area (Å²) in [5, 5.41) is 0.821. The quantitative estimate of drug-likeness (QED) is 0.661. The van der Waals surface area contributed by atoms with Crippen molar-refractivity contribution in [3.63, 3.8) is 0 Å². The molecule has 0 radical (unpaired) electrons. The number of thiophene rings is 1. The third kappa shape index (κ3) is 4.07. The van der Waals surface area contributed by atoms with Crippen molar-refractivity contribution in [1.82, 2.24) is 4.90 Å². The zero-order valence-electron chi connectivity index (χ0n) is 10.1. The van der Waals surface area contributed by atoms with Crippen LogP contribution in [-0.4, -0.2) is 28.7 Å². The summed E-state index contributed by atoms with van der Waals surface area (Å²) in [6, 6.07) is 4.15. The summed E-state index contributed by atoms with van der Waals surface area (Å²) < 4.78 is 1.00. The summed E-state index contributed by atoms with van der Waals surface area (Å²) in [6.07, 6.45) is 2.00. The Bertz CT molecular complexity index is 363. The number of carbonyl (C=O) groups excluding carboxylic acids is 1. The second-order valence-electron chi connectivity index (χ2n) is 3.76. The van der Waals surface area contributed by atoms with E-state index in [4.69, 9.17) is 0 Å². The van der Waals surface area contributed by atoms with Crippen LogP contribution in [0.25, 0.3) is 0 Å². The van der Waals surface area contributed by atoms with Gasteiger partial charge >= 0.3 is 0 Å². The molecule has 96 valence electrons. The van der Waals surface area contributed by atoms with Gasteiger partial charge in [-0.1, -0.05) is 29.8 Å². The van der Waals surface area contributed by atoms with Crippen LogP contribution in [0.15, 0.2) is 15.9 Å². The highest BCUT2D eigenvalue weighted by atomic mass is 79.9. The molecule has 0 aliphatic carbocycles. The fraction of sp³-hybridized carbons (Fsp3) is 0.583. The fourth-order valence-electron chi connectivity index (χ4n) is 1.84. The van der Waals surface area contributed by atoms with Gasteiger partial charge in [-0.2, -0.15) is 0 Å². The molecule has 0 aliphatic rings. The number of alkyl halides is 1. The van der Waals surface area contributed by atoms with Gasteiger partial charge in [0, 0.05) is 17.9 Å². The van der Waals surface area contributed by atoms with Crippen molar-refractivity contribution >= 4 is 49.1 Å². The maximum atomic E-state index is 12.4. The molecule has 0 aliphatic heterocycles. The number of hydrogen-bond donors (Lipinski definition) is 0. The first kappa shape index (κ1) is 15.2. The van der Waals surface area contributed by atoms with E-state index in [9.17, 15) is 4.79 Å². The maximum Gasteiger partial charge on any atom is 0.264 e. The number of nitrogens with zero attached hydrogens (tertiary/aromatic N) is 1. The molecule has 1 heterocycles. The van der Waals surface area contributed by atoms with Crippen LogP contribution in [0.5, 0.6) is 0 Å². The first-order valence-corrected chi connectivity index (χ1v) is 8.49. The molecule has 0 saturated heterocycles. The summed E-state index contributed by atoms with van der Waals surface area (Å²) in [7, 11) is 0. The number of hydrogen-bond acceptors (Lipinski definition) is 2. The molecule has 0 fully saturated rings. The largest absolute Gasteiger partial charge is 0.334 e. The van der Waals surface area contributed by atoms with Gasteiger partial charge in [-0.25, -0.2) is 0 Å². The molecule has 17 heavy (non-hydrogen) atoms. The average molecular weight is 383 g/mol. The zero-order valence-corrected chi connectivity index (χ0v) is 14.1. The van der Waals surface area contributed by atoms with Crippen molar-refractivity contribution in [3.05, 3.63) is 20.8 Å². The standard InChI is InChI=1S/C12H17Br2NOS/c1-3-9(4-2)15(8-7-13)12(16)10-5-6-11(14)17-10/h5-6,9H,3-4,7-8H2,1-2H3. The van der Waals surface area contributed by atoms with Crippen molar-refractivity contribution in [2.24, 2.45) is 0 Å². The third-order valence-corrected chi connectivity index (χ3v) is 4.72. The minimum atomic E-state index is 0.147. The van der Waals surface area contributed by atoms with E-state index in [-0.39, 0.29) is 5.91 Å². The van der Waals surface area contributed by atoms with Gasteiger partial charge in [-0.15, -0.1) is 11.3 Å². The molecule has 1 amide bonds. The molecule has 0 saturated carbocycles. The molecule has 0 N–H and O–H groups in total. The lowest BCUT2D eigenvalue weighted by Crippen LogP contribution is -2.40. The Hall–Kier alpha value is 0.130. The first-order valence-electron chi connectivity index (χ1n) is 5.76. The molecule has 2 nitrogen and oxygen atoms in total. The molecule has 1 aromatic heterocycles. The second-order valence-corrected chi connectivity index (χ2v) is 7.02. The van der Waals surface area contributed by atoms with E-state index in [0.29, 0.717) is 6.04 Å². The summed E-state index contributed by atoms with van der Waals surface area (Å²) >= 11 is 8.32. The van der Waals surface area contributed by atoms with Crippen molar-refractivity contribution in [3.8, 4) is 0 Å². The van der Waals surface area contributed by atoms with Crippen molar-refractivity contribution in [1.29, 1.82) is 0 Å². The van der Waals surface area contributed by atoms with Gasteiger partial charge in [0.15, 0.2) is 0 Å². The number of carbonyl (C=O) groups is 1. The van der Waals surface area contributed by atoms with E-state index in [0.717, 1.165) is 33.4 Å². The topological polar surface area (TPSA) is 20.3 Å². The van der Waals surface area contributed by atoms with Gasteiger partial charge in [-0.05, 0) is 40.9 Å². The first-order chi connectivity index (χ1) is 8.13. The van der Waals surface area contributed by atoms with Gasteiger partial charge < -0.3 is 4.90 Å². The van der Waals surface area contributed by atoms with Gasteiger partial charge in [0.25, 0.3) is 5.91 Å². The Kier molecular flexibility index (Phi) is 6.74. The fourth-order valence-corrected chi connectivity index (χ4v) is 3.57. The van der Waals surface area contributed by atoms with Crippen LogP contribution in [0, 0.1) is 0 Å². The highest BCUT2D eigenvalue weighted by Crippen LogP contribution is 2.24. The third-order valence-electron chi connectivity index (χ3n) is 2.75. The van der Waals surface area contributed by atoms with E-state index in [1.54, 1.807) is 0 Å². The molecule has 5 heteroatoms. The molecule has 0 atom stereocenters. The summed E-state index contributed by atoms with van der Waals surface area (Å²) in [5.74, 6) is 0.147. The van der Waals surface area contributed by atoms with E-state index in [1.807, 2.05) is 17.0 Å². The zero-order chi connectivity index (χ0) is 12.8. The Morgan fingerprint density at radius 2 is 2.06 bits per heavy atom. The summed E-state index contributed by atoms with van der Waals surface area (Å²) in [6.45, 7) is 5.03. The minimum absolute atomic E-state index is 0.147. The van der Waals surface area contributed by atoms with Crippen LogP contribution in [0.3, 0.4) is 0 Å². The van der Waals surface area contributed by atoms with E-state index in [1.165, 1.54) is 11.3 Å². The second kappa shape index (κ2) is 7.54. The van der Waals surface area contributed by atoms with E-state index in [2.05, 4.69) is 45.7 Å². The molecule has 0 aromatic carbocycles. The van der Waals surface area contributed by atoms with Gasteiger partial charge in [0.2, 0.25) is 0 Å². The number of halogens is 2. The summed E-state index contributed by atoms with van der Waals surface area (Å²) in [5.41, 5.74) is 0. The molecular weight excluding hydrogens is 366 g/mol. The lowest BCUT2D eigenvalue weighted by atomic mass is 10.1. The highest BCUT2D eigenvalue weighted by molar-refractivity contribution is 9.11. The Balaban J connectivity index is 2.86. The molecular formula is C12H17Br2NOS. The van der Waals surface area contributed by atoms with Crippen LogP contribution in [-0.2, 0) is 0 Å². The maximum absolute atomic E-state index is 12.4. The monoisotopic (exact) mass is 381 g/mol. The Labute approximate surface area is 124 Å². The van der Waals surface area contributed by atoms with Gasteiger partial charge in [-0.3, -0.25) is 4.79 Å². The predicted molar refractivity (Wildman–Crippen MR) is 81.2 cm³/mol. The number of amides is 1. The van der Waals surface area contributed by atoms with Crippen molar-refractivity contribution in [2.45, 2.75) is 32.7 Å². The SMILES string of the molecule is CCC(CC)N(CCBr)C(=O)c1ccc(Br)s1. The summed E-state index contributed by atoms with van der Waals surface area (Å²) in [4.78, 5) is 15.2. The molecule has 0 bridgehead atoms. The molecule has 1 rings (SSSR count). The van der Waals surface area contributed by atoms with E-state index < -0.39 is 0 Å². The lowest BCUT2D eigenvalue weighted by molar-refractivity contribution is 0.0688.